The second-order valence-corrected chi connectivity index (χ2v) is 6.19. The number of hydrogen-bond acceptors (Lipinski definition) is 4. The number of amides is 2. The third kappa shape index (κ3) is 5.77. The zero-order chi connectivity index (χ0) is 16.7. The molecule has 0 aliphatic rings. The number of carbonyl (C=O) groups is 3. The lowest BCUT2D eigenvalue weighted by Crippen LogP contribution is -2.43. The molecular weight excluding hydrogens is 304 g/mol. The Labute approximate surface area is 133 Å². The molecule has 0 aliphatic carbocycles. The molecule has 2 unspecified atom stereocenters. The molecule has 7 heteroatoms. The first kappa shape index (κ1) is 18.0. The fourth-order valence-corrected chi connectivity index (χ4v) is 2.58. The van der Waals surface area contributed by atoms with Crippen molar-refractivity contribution in [3.63, 3.8) is 0 Å². The number of anilines is 1. The second-order valence-electron chi connectivity index (χ2n) is 4.77. The highest BCUT2D eigenvalue weighted by molar-refractivity contribution is 8.00. The summed E-state index contributed by atoms with van der Waals surface area (Å²) in [5.41, 5.74) is 0.686. The molecule has 0 heterocycles. The van der Waals surface area contributed by atoms with Crippen LogP contribution in [0.3, 0.4) is 0 Å². The van der Waals surface area contributed by atoms with Gasteiger partial charge in [-0.2, -0.15) is 0 Å². The van der Waals surface area contributed by atoms with E-state index < -0.39 is 17.3 Å². The number of carbonyl (C=O) groups excluding carboxylic acids is 2. The van der Waals surface area contributed by atoms with Gasteiger partial charge in [0.05, 0.1) is 5.25 Å². The van der Waals surface area contributed by atoms with Crippen LogP contribution < -0.4 is 10.6 Å². The summed E-state index contributed by atoms with van der Waals surface area (Å²) in [4.78, 5) is 34.7. The molecule has 0 aliphatic heterocycles. The molecule has 6 nitrogen and oxygen atoms in total. The molecule has 0 fully saturated rings. The Balaban J connectivity index is 2.60. The number of rotatable bonds is 7. The summed E-state index contributed by atoms with van der Waals surface area (Å²) in [6, 6.07) is 6.24. The van der Waals surface area contributed by atoms with Crippen LogP contribution in [-0.4, -0.2) is 34.2 Å². The average Bonchev–Trinajstić information content (AvgIpc) is 2.45. The van der Waals surface area contributed by atoms with Crippen molar-refractivity contribution in [2.75, 3.05) is 5.32 Å². The van der Waals surface area contributed by atoms with E-state index >= 15 is 0 Å². The molecule has 0 radical (unpaired) electrons. The fourth-order valence-electron chi connectivity index (χ4n) is 1.71. The molecule has 0 aromatic heterocycles. The standard InChI is InChI=1S/C15H20N2O4S/c1-4-13(15(20)21)17-14(19)9(2)22-12-7-5-11(6-8-12)16-10(3)18/h5-9,13H,4H2,1-3H3,(H,16,18)(H,17,19)(H,20,21). The van der Waals surface area contributed by atoms with Gasteiger partial charge in [-0.15, -0.1) is 11.8 Å². The van der Waals surface area contributed by atoms with E-state index in [2.05, 4.69) is 10.6 Å². The third-order valence-electron chi connectivity index (χ3n) is 2.88. The minimum Gasteiger partial charge on any atom is -0.480 e. The Bertz CT molecular complexity index is 545. The van der Waals surface area contributed by atoms with Crippen LogP contribution in [0.25, 0.3) is 0 Å². The molecule has 1 rings (SSSR count). The summed E-state index contributed by atoms with van der Waals surface area (Å²) >= 11 is 1.33. The maximum atomic E-state index is 12.0. The Morgan fingerprint density at radius 1 is 1.23 bits per heavy atom. The number of aliphatic carboxylic acids is 1. The molecule has 0 saturated carbocycles. The summed E-state index contributed by atoms with van der Waals surface area (Å²) in [6.45, 7) is 4.86. The Morgan fingerprint density at radius 2 is 1.82 bits per heavy atom. The Kier molecular flexibility index (Phi) is 6.91. The molecule has 120 valence electrons. The number of nitrogens with one attached hydrogen (secondary N) is 2. The number of benzene rings is 1. The van der Waals surface area contributed by atoms with E-state index in [9.17, 15) is 14.4 Å². The van der Waals surface area contributed by atoms with Gasteiger partial charge in [0.2, 0.25) is 11.8 Å². The van der Waals surface area contributed by atoms with Crippen LogP contribution in [0.15, 0.2) is 29.2 Å². The zero-order valence-corrected chi connectivity index (χ0v) is 13.6. The lowest BCUT2D eigenvalue weighted by atomic mass is 10.2. The van der Waals surface area contributed by atoms with Crippen LogP contribution in [0.5, 0.6) is 0 Å². The van der Waals surface area contributed by atoms with Crippen molar-refractivity contribution in [2.45, 2.75) is 43.4 Å². The fraction of sp³-hybridized carbons (Fsp3) is 0.400. The average molecular weight is 324 g/mol. The molecule has 1 aromatic carbocycles. The van der Waals surface area contributed by atoms with Gasteiger partial charge in [0.15, 0.2) is 0 Å². The van der Waals surface area contributed by atoms with Gasteiger partial charge in [0.1, 0.15) is 6.04 Å². The minimum absolute atomic E-state index is 0.146. The van der Waals surface area contributed by atoms with Crippen LogP contribution in [0.2, 0.25) is 0 Å². The number of carboxylic acid groups (broad SMARTS) is 1. The molecular formula is C15H20N2O4S. The van der Waals surface area contributed by atoms with Crippen molar-refractivity contribution < 1.29 is 19.5 Å². The molecule has 0 saturated heterocycles. The SMILES string of the molecule is CCC(NC(=O)C(C)Sc1ccc(NC(C)=O)cc1)C(=O)O. The predicted octanol–water partition coefficient (Wildman–Crippen LogP) is 2.10. The van der Waals surface area contributed by atoms with Gasteiger partial charge in [-0.05, 0) is 37.6 Å². The zero-order valence-electron chi connectivity index (χ0n) is 12.8. The van der Waals surface area contributed by atoms with Crippen LogP contribution in [0.4, 0.5) is 5.69 Å². The largest absolute Gasteiger partial charge is 0.480 e. The summed E-state index contributed by atoms with van der Waals surface area (Å²) in [7, 11) is 0. The van der Waals surface area contributed by atoms with Crippen molar-refractivity contribution >= 4 is 35.2 Å². The van der Waals surface area contributed by atoms with Crippen molar-refractivity contribution in [1.82, 2.24) is 5.32 Å². The summed E-state index contributed by atoms with van der Waals surface area (Å²) in [5.74, 6) is -1.50. The van der Waals surface area contributed by atoms with Crippen molar-refractivity contribution in [1.29, 1.82) is 0 Å². The maximum Gasteiger partial charge on any atom is 0.326 e. The molecule has 2 atom stereocenters. The first-order chi connectivity index (χ1) is 10.3. The van der Waals surface area contributed by atoms with E-state index in [0.29, 0.717) is 12.1 Å². The van der Waals surface area contributed by atoms with Gasteiger partial charge in [0, 0.05) is 17.5 Å². The first-order valence-electron chi connectivity index (χ1n) is 6.91. The highest BCUT2D eigenvalue weighted by atomic mass is 32.2. The highest BCUT2D eigenvalue weighted by Gasteiger charge is 2.21. The third-order valence-corrected chi connectivity index (χ3v) is 3.99. The molecule has 1 aromatic rings. The molecule has 0 bridgehead atoms. The lowest BCUT2D eigenvalue weighted by molar-refractivity contribution is -0.141. The minimum atomic E-state index is -1.03. The van der Waals surface area contributed by atoms with Crippen molar-refractivity contribution in [3.05, 3.63) is 24.3 Å². The number of thioether (sulfide) groups is 1. The van der Waals surface area contributed by atoms with Crippen LogP contribution in [0, 0.1) is 0 Å². The summed E-state index contributed by atoms with van der Waals surface area (Å²) in [6.07, 6.45) is 0.337. The first-order valence-corrected chi connectivity index (χ1v) is 7.79. The lowest BCUT2D eigenvalue weighted by Gasteiger charge is -2.16. The van der Waals surface area contributed by atoms with E-state index in [1.54, 1.807) is 38.1 Å². The summed E-state index contributed by atoms with van der Waals surface area (Å²) in [5, 5.41) is 13.7. The van der Waals surface area contributed by atoms with Crippen molar-refractivity contribution in [3.8, 4) is 0 Å². The molecule has 22 heavy (non-hydrogen) atoms. The van der Waals surface area contributed by atoms with Gasteiger partial charge < -0.3 is 15.7 Å². The molecule has 0 spiro atoms. The molecule has 2 amide bonds. The van der Waals surface area contributed by atoms with E-state index in [1.165, 1.54) is 18.7 Å². The van der Waals surface area contributed by atoms with Crippen LogP contribution in [0.1, 0.15) is 27.2 Å². The van der Waals surface area contributed by atoms with E-state index in [1.807, 2.05) is 0 Å². The molecule has 3 N–H and O–H groups in total. The topological polar surface area (TPSA) is 95.5 Å². The second kappa shape index (κ2) is 8.43. The van der Waals surface area contributed by atoms with Gasteiger partial charge in [-0.1, -0.05) is 6.92 Å². The van der Waals surface area contributed by atoms with Crippen molar-refractivity contribution in [2.24, 2.45) is 0 Å². The number of carboxylic acids is 1. The van der Waals surface area contributed by atoms with E-state index in [0.717, 1.165) is 4.90 Å². The predicted molar refractivity (Wildman–Crippen MR) is 85.9 cm³/mol. The summed E-state index contributed by atoms with van der Waals surface area (Å²) < 4.78 is 0. The van der Waals surface area contributed by atoms with Crippen LogP contribution >= 0.6 is 11.8 Å². The maximum absolute atomic E-state index is 12.0. The normalized spacial score (nSPS) is 13.0. The van der Waals surface area contributed by atoms with Gasteiger partial charge in [0.25, 0.3) is 0 Å². The van der Waals surface area contributed by atoms with E-state index in [-0.39, 0.29) is 11.8 Å². The highest BCUT2D eigenvalue weighted by Crippen LogP contribution is 2.25. The Morgan fingerprint density at radius 3 is 2.27 bits per heavy atom. The van der Waals surface area contributed by atoms with Gasteiger partial charge >= 0.3 is 5.97 Å². The Hall–Kier alpha value is -2.02. The smallest absolute Gasteiger partial charge is 0.326 e. The quantitative estimate of drug-likeness (QED) is 0.668. The van der Waals surface area contributed by atoms with Gasteiger partial charge in [-0.25, -0.2) is 4.79 Å². The number of hydrogen-bond donors (Lipinski definition) is 3. The van der Waals surface area contributed by atoms with Crippen LogP contribution in [-0.2, 0) is 14.4 Å². The van der Waals surface area contributed by atoms with Gasteiger partial charge in [-0.3, -0.25) is 9.59 Å². The van der Waals surface area contributed by atoms with E-state index in [4.69, 9.17) is 5.11 Å². The monoisotopic (exact) mass is 324 g/mol.